The number of anilines is 1. The maximum atomic E-state index is 12.2. The van der Waals surface area contributed by atoms with Crippen LogP contribution in [0, 0.1) is 18.8 Å². The van der Waals surface area contributed by atoms with E-state index in [9.17, 15) is 14.7 Å². The maximum absolute atomic E-state index is 12.2. The molecule has 0 fully saturated rings. The summed E-state index contributed by atoms with van der Waals surface area (Å²) in [5.41, 5.74) is 1.73. The molecule has 0 aliphatic heterocycles. The summed E-state index contributed by atoms with van der Waals surface area (Å²) in [4.78, 5) is 23.2. The Balaban J connectivity index is 2.10. The number of aryl methyl sites for hydroxylation is 1. The lowest BCUT2D eigenvalue weighted by Crippen LogP contribution is -2.41. The fourth-order valence-corrected chi connectivity index (χ4v) is 2.32. The lowest BCUT2D eigenvalue weighted by Gasteiger charge is -2.28. The van der Waals surface area contributed by atoms with E-state index in [1.165, 1.54) is 0 Å². The number of benzene rings is 1. The lowest BCUT2D eigenvalue weighted by molar-refractivity contribution is -0.313. The Labute approximate surface area is 112 Å². The van der Waals surface area contributed by atoms with Crippen LogP contribution in [0.25, 0.3) is 0 Å². The van der Waals surface area contributed by atoms with Crippen LogP contribution in [0.4, 0.5) is 5.69 Å². The molecule has 1 amide bonds. The molecule has 1 aromatic rings. The monoisotopic (exact) mass is 258 g/mol. The van der Waals surface area contributed by atoms with Crippen LogP contribution in [0.3, 0.4) is 0 Å². The third-order valence-electron chi connectivity index (χ3n) is 3.36. The van der Waals surface area contributed by atoms with Crippen molar-refractivity contribution in [1.82, 2.24) is 0 Å². The molecule has 4 nitrogen and oxygen atoms in total. The number of rotatable bonds is 3. The van der Waals surface area contributed by atoms with Crippen LogP contribution in [0.15, 0.2) is 36.4 Å². The van der Waals surface area contributed by atoms with E-state index in [0.29, 0.717) is 18.5 Å². The summed E-state index contributed by atoms with van der Waals surface area (Å²) in [6, 6.07) is 7.42. The summed E-state index contributed by atoms with van der Waals surface area (Å²) in [5, 5.41) is 13.8. The van der Waals surface area contributed by atoms with Crippen LogP contribution in [-0.4, -0.2) is 11.9 Å². The normalized spacial score (nSPS) is 21.9. The highest BCUT2D eigenvalue weighted by Gasteiger charge is 2.29. The summed E-state index contributed by atoms with van der Waals surface area (Å²) in [5.74, 6) is -2.72. The van der Waals surface area contributed by atoms with Crippen molar-refractivity contribution in [2.75, 3.05) is 5.32 Å². The highest BCUT2D eigenvalue weighted by atomic mass is 16.4. The number of carboxylic acid groups (broad SMARTS) is 1. The average Bonchev–Trinajstić information content (AvgIpc) is 2.38. The Hall–Kier alpha value is -2.10. The molecule has 0 saturated heterocycles. The molecule has 1 aromatic carbocycles. The minimum atomic E-state index is -1.16. The van der Waals surface area contributed by atoms with Gasteiger partial charge in [-0.15, -0.1) is 0 Å². The van der Waals surface area contributed by atoms with E-state index < -0.39 is 17.8 Å². The van der Waals surface area contributed by atoms with E-state index in [1.54, 1.807) is 12.1 Å². The Bertz CT molecular complexity index is 522. The minimum absolute atomic E-state index is 0.260. The van der Waals surface area contributed by atoms with Crippen LogP contribution >= 0.6 is 0 Å². The second kappa shape index (κ2) is 5.69. The summed E-state index contributed by atoms with van der Waals surface area (Å²) in [7, 11) is 0. The van der Waals surface area contributed by atoms with Gasteiger partial charge in [-0.05, 0) is 37.5 Å². The molecule has 2 atom stereocenters. The number of allylic oxidation sites excluding steroid dienone is 2. The molecule has 1 aliphatic carbocycles. The molecule has 1 N–H and O–H groups in total. The molecule has 0 saturated carbocycles. The standard InChI is InChI=1S/C15H17NO3/c1-10-5-4-6-11(9-10)16-14(17)12-7-2-3-8-13(12)15(18)19/h2-6,9,12-13H,7-8H2,1H3,(H,16,17)(H,18,19)/p-1/t12-,13-/m1/s1. The van der Waals surface area contributed by atoms with E-state index in [2.05, 4.69) is 5.32 Å². The zero-order chi connectivity index (χ0) is 13.8. The van der Waals surface area contributed by atoms with Gasteiger partial charge in [-0.2, -0.15) is 0 Å². The van der Waals surface area contributed by atoms with Crippen molar-refractivity contribution in [2.45, 2.75) is 19.8 Å². The third-order valence-corrected chi connectivity index (χ3v) is 3.36. The summed E-state index contributed by atoms with van der Waals surface area (Å²) < 4.78 is 0. The SMILES string of the molecule is Cc1cccc(NC(=O)[C@@H]2CC=CC[C@H]2C(=O)[O-])c1. The topological polar surface area (TPSA) is 69.2 Å². The highest BCUT2D eigenvalue weighted by molar-refractivity contribution is 5.95. The number of nitrogens with one attached hydrogen (secondary N) is 1. The maximum Gasteiger partial charge on any atom is 0.228 e. The number of hydrogen-bond acceptors (Lipinski definition) is 3. The first-order valence-corrected chi connectivity index (χ1v) is 6.31. The van der Waals surface area contributed by atoms with E-state index in [0.717, 1.165) is 5.56 Å². The van der Waals surface area contributed by atoms with Crippen LogP contribution in [-0.2, 0) is 9.59 Å². The number of aliphatic carboxylic acids is 1. The van der Waals surface area contributed by atoms with Crippen molar-refractivity contribution >= 4 is 17.6 Å². The predicted molar refractivity (Wildman–Crippen MR) is 70.2 cm³/mol. The summed E-state index contributed by atoms with van der Waals surface area (Å²) in [6.45, 7) is 1.93. The van der Waals surface area contributed by atoms with Gasteiger partial charge in [0, 0.05) is 17.6 Å². The van der Waals surface area contributed by atoms with Crippen LogP contribution in [0.2, 0.25) is 0 Å². The van der Waals surface area contributed by atoms with E-state index in [-0.39, 0.29) is 5.91 Å². The largest absolute Gasteiger partial charge is 0.550 e. The van der Waals surface area contributed by atoms with Gasteiger partial charge in [0.05, 0.1) is 5.92 Å². The molecule has 2 rings (SSSR count). The second-order valence-corrected chi connectivity index (χ2v) is 4.83. The zero-order valence-electron chi connectivity index (χ0n) is 10.8. The van der Waals surface area contributed by atoms with Gasteiger partial charge >= 0.3 is 0 Å². The Kier molecular flexibility index (Phi) is 4.00. The van der Waals surface area contributed by atoms with Crippen LogP contribution < -0.4 is 10.4 Å². The van der Waals surface area contributed by atoms with Gasteiger partial charge in [-0.1, -0.05) is 24.3 Å². The Morgan fingerprint density at radius 2 is 1.89 bits per heavy atom. The van der Waals surface area contributed by atoms with Crippen molar-refractivity contribution in [3.8, 4) is 0 Å². The molecule has 1 aliphatic rings. The molecule has 100 valence electrons. The molecule has 0 aromatic heterocycles. The van der Waals surface area contributed by atoms with Gasteiger partial charge in [0.1, 0.15) is 0 Å². The first kappa shape index (κ1) is 13.3. The molecule has 0 heterocycles. The average molecular weight is 258 g/mol. The van der Waals surface area contributed by atoms with E-state index in [1.807, 2.05) is 31.2 Å². The molecular formula is C15H16NO3-. The molecular weight excluding hydrogens is 242 g/mol. The second-order valence-electron chi connectivity index (χ2n) is 4.83. The van der Waals surface area contributed by atoms with E-state index >= 15 is 0 Å². The van der Waals surface area contributed by atoms with Crippen molar-refractivity contribution in [2.24, 2.45) is 11.8 Å². The summed E-state index contributed by atoms with van der Waals surface area (Å²) in [6.07, 6.45) is 4.43. The van der Waals surface area contributed by atoms with Crippen LogP contribution in [0.1, 0.15) is 18.4 Å². The van der Waals surface area contributed by atoms with Crippen molar-refractivity contribution < 1.29 is 14.7 Å². The first-order valence-electron chi connectivity index (χ1n) is 6.31. The molecule has 0 bridgehead atoms. The predicted octanol–water partition coefficient (Wildman–Crippen LogP) is 1.27. The van der Waals surface area contributed by atoms with Crippen molar-refractivity contribution in [3.05, 3.63) is 42.0 Å². The van der Waals surface area contributed by atoms with Crippen LogP contribution in [0.5, 0.6) is 0 Å². The van der Waals surface area contributed by atoms with E-state index in [4.69, 9.17) is 0 Å². The molecule has 0 unspecified atom stereocenters. The number of carbonyl (C=O) groups is 2. The van der Waals surface area contributed by atoms with Gasteiger partial charge in [0.25, 0.3) is 0 Å². The third kappa shape index (κ3) is 3.22. The quantitative estimate of drug-likeness (QED) is 0.830. The van der Waals surface area contributed by atoms with Gasteiger partial charge < -0.3 is 15.2 Å². The first-order chi connectivity index (χ1) is 9.08. The number of carbonyl (C=O) groups excluding carboxylic acids is 2. The van der Waals surface area contributed by atoms with Crippen molar-refractivity contribution in [1.29, 1.82) is 0 Å². The Morgan fingerprint density at radius 1 is 1.21 bits per heavy atom. The van der Waals surface area contributed by atoms with Gasteiger partial charge in [0.15, 0.2) is 0 Å². The molecule has 19 heavy (non-hydrogen) atoms. The smallest absolute Gasteiger partial charge is 0.228 e. The number of carboxylic acids is 1. The number of amides is 1. The highest BCUT2D eigenvalue weighted by Crippen LogP contribution is 2.26. The van der Waals surface area contributed by atoms with Gasteiger partial charge in [-0.3, -0.25) is 4.79 Å². The summed E-state index contributed by atoms with van der Waals surface area (Å²) >= 11 is 0. The molecule has 0 radical (unpaired) electrons. The molecule has 0 spiro atoms. The number of hydrogen-bond donors (Lipinski definition) is 1. The fraction of sp³-hybridized carbons (Fsp3) is 0.333. The Morgan fingerprint density at radius 3 is 2.53 bits per heavy atom. The van der Waals surface area contributed by atoms with Crippen molar-refractivity contribution in [3.63, 3.8) is 0 Å². The van der Waals surface area contributed by atoms with Gasteiger partial charge in [0.2, 0.25) is 5.91 Å². The van der Waals surface area contributed by atoms with Gasteiger partial charge in [-0.25, -0.2) is 0 Å². The lowest BCUT2D eigenvalue weighted by atomic mass is 9.82. The zero-order valence-corrected chi connectivity index (χ0v) is 10.8. The molecule has 4 heteroatoms. The fourth-order valence-electron chi connectivity index (χ4n) is 2.32. The minimum Gasteiger partial charge on any atom is -0.550 e.